The molecule has 0 radical (unpaired) electrons. The Morgan fingerprint density at radius 3 is 2.31 bits per heavy atom. The zero-order valence-electron chi connectivity index (χ0n) is 8.68. The smallest absolute Gasteiger partial charge is 0.0797 e. The van der Waals surface area contributed by atoms with E-state index in [0.29, 0.717) is 4.99 Å². The summed E-state index contributed by atoms with van der Waals surface area (Å²) in [6.07, 6.45) is 4.03. The van der Waals surface area contributed by atoms with Crippen molar-refractivity contribution < 1.29 is 0 Å². The van der Waals surface area contributed by atoms with Crippen LogP contribution in [0.25, 0.3) is 0 Å². The van der Waals surface area contributed by atoms with E-state index in [-0.39, 0.29) is 5.41 Å². The number of nitrogens with zero attached hydrogens (tertiary/aromatic N) is 1. The van der Waals surface area contributed by atoms with E-state index >= 15 is 0 Å². The van der Waals surface area contributed by atoms with E-state index in [2.05, 4.69) is 18.7 Å². The normalized spacial score (nSPS) is 20.2. The molecule has 1 saturated heterocycles. The van der Waals surface area contributed by atoms with Crippen molar-refractivity contribution in [2.45, 2.75) is 33.1 Å². The molecule has 1 heterocycles. The molecule has 3 heteroatoms. The third-order valence-corrected chi connectivity index (χ3v) is 3.29. The van der Waals surface area contributed by atoms with Crippen LogP contribution in [0.4, 0.5) is 0 Å². The highest BCUT2D eigenvalue weighted by Crippen LogP contribution is 2.20. The van der Waals surface area contributed by atoms with Crippen molar-refractivity contribution in [3.63, 3.8) is 0 Å². The Kier molecular flexibility index (Phi) is 3.68. The Balaban J connectivity index is 2.41. The van der Waals surface area contributed by atoms with Crippen molar-refractivity contribution in [1.29, 1.82) is 0 Å². The lowest BCUT2D eigenvalue weighted by atomic mass is 9.92. The minimum atomic E-state index is -0.00727. The van der Waals surface area contributed by atoms with Crippen molar-refractivity contribution in [3.8, 4) is 0 Å². The monoisotopic (exact) mass is 200 g/mol. The van der Waals surface area contributed by atoms with E-state index in [9.17, 15) is 0 Å². The molecule has 0 aromatic heterocycles. The van der Waals surface area contributed by atoms with Gasteiger partial charge in [0.05, 0.1) is 4.99 Å². The largest absolute Gasteiger partial charge is 0.393 e. The first-order chi connectivity index (χ1) is 6.02. The highest BCUT2D eigenvalue weighted by molar-refractivity contribution is 7.80. The lowest BCUT2D eigenvalue weighted by Gasteiger charge is -2.34. The molecular weight excluding hydrogens is 180 g/mol. The minimum Gasteiger partial charge on any atom is -0.393 e. The molecule has 2 nitrogen and oxygen atoms in total. The molecule has 13 heavy (non-hydrogen) atoms. The van der Waals surface area contributed by atoms with E-state index in [1.807, 2.05) is 0 Å². The molecule has 1 aliphatic heterocycles. The molecule has 1 rings (SSSR count). The number of thiocarbonyl (C=S) groups is 1. The number of nitrogens with two attached hydrogens (primary N) is 1. The third-order valence-electron chi connectivity index (χ3n) is 2.73. The molecule has 76 valence electrons. The summed E-state index contributed by atoms with van der Waals surface area (Å²) in [6.45, 7) is 7.70. The predicted octanol–water partition coefficient (Wildman–Crippen LogP) is 1.78. The van der Waals surface area contributed by atoms with Crippen molar-refractivity contribution in [2.75, 3.05) is 19.6 Å². The molecule has 0 spiro atoms. The fourth-order valence-corrected chi connectivity index (χ4v) is 1.82. The van der Waals surface area contributed by atoms with Crippen LogP contribution in [0.15, 0.2) is 0 Å². The molecule has 0 saturated carbocycles. The zero-order valence-corrected chi connectivity index (χ0v) is 9.49. The second-order valence-corrected chi connectivity index (χ2v) is 5.02. The van der Waals surface area contributed by atoms with Crippen LogP contribution >= 0.6 is 12.2 Å². The first-order valence-electron chi connectivity index (χ1n) is 5.05. The molecule has 0 amide bonds. The standard InChI is InChI=1S/C10H20N2S/c1-10(2,9(11)13)8-12-6-4-3-5-7-12/h3-8H2,1-2H3,(H2,11,13). The van der Waals surface area contributed by atoms with Crippen molar-refractivity contribution in [2.24, 2.45) is 11.1 Å². The van der Waals surface area contributed by atoms with E-state index in [0.717, 1.165) is 6.54 Å². The van der Waals surface area contributed by atoms with Gasteiger partial charge in [0.15, 0.2) is 0 Å². The number of likely N-dealkylation sites (tertiary alicyclic amines) is 1. The van der Waals surface area contributed by atoms with Crippen LogP contribution in [0.3, 0.4) is 0 Å². The average molecular weight is 200 g/mol. The second-order valence-electron chi connectivity index (χ2n) is 4.58. The fourth-order valence-electron chi connectivity index (χ4n) is 1.75. The number of hydrogen-bond donors (Lipinski definition) is 1. The van der Waals surface area contributed by atoms with Crippen molar-refractivity contribution in [1.82, 2.24) is 4.90 Å². The second kappa shape index (κ2) is 4.38. The summed E-state index contributed by atoms with van der Waals surface area (Å²) >= 11 is 5.05. The lowest BCUT2D eigenvalue weighted by molar-refractivity contribution is 0.187. The molecular formula is C10H20N2S. The van der Waals surface area contributed by atoms with Gasteiger partial charge in [-0.2, -0.15) is 0 Å². The topological polar surface area (TPSA) is 29.3 Å². The number of piperidine rings is 1. The maximum absolute atomic E-state index is 5.69. The van der Waals surface area contributed by atoms with Gasteiger partial charge in [-0.05, 0) is 25.9 Å². The first-order valence-corrected chi connectivity index (χ1v) is 5.45. The fraction of sp³-hybridized carbons (Fsp3) is 0.900. The summed E-state index contributed by atoms with van der Waals surface area (Å²) < 4.78 is 0. The molecule has 0 atom stereocenters. The number of hydrogen-bond acceptors (Lipinski definition) is 2. The van der Waals surface area contributed by atoms with Crippen LogP contribution in [0, 0.1) is 5.41 Å². The van der Waals surface area contributed by atoms with Gasteiger partial charge in [-0.15, -0.1) is 0 Å². The van der Waals surface area contributed by atoms with Gasteiger partial charge in [0.2, 0.25) is 0 Å². The maximum Gasteiger partial charge on any atom is 0.0797 e. The SMILES string of the molecule is CC(C)(CN1CCCCC1)C(N)=S. The van der Waals surface area contributed by atoms with E-state index in [1.54, 1.807) is 0 Å². The summed E-state index contributed by atoms with van der Waals surface area (Å²) in [6, 6.07) is 0. The van der Waals surface area contributed by atoms with Gasteiger partial charge in [0.1, 0.15) is 0 Å². The Morgan fingerprint density at radius 1 is 1.31 bits per heavy atom. The van der Waals surface area contributed by atoms with Crippen molar-refractivity contribution in [3.05, 3.63) is 0 Å². The average Bonchev–Trinajstić information content (AvgIpc) is 2.05. The van der Waals surface area contributed by atoms with E-state index < -0.39 is 0 Å². The highest BCUT2D eigenvalue weighted by Gasteiger charge is 2.25. The lowest BCUT2D eigenvalue weighted by Crippen LogP contribution is -2.43. The summed E-state index contributed by atoms with van der Waals surface area (Å²) in [5.74, 6) is 0. The van der Waals surface area contributed by atoms with Gasteiger partial charge < -0.3 is 10.6 Å². The Hall–Kier alpha value is -0.150. The van der Waals surface area contributed by atoms with Crippen LogP contribution in [-0.4, -0.2) is 29.5 Å². The molecule has 0 aromatic carbocycles. The van der Waals surface area contributed by atoms with E-state index in [4.69, 9.17) is 18.0 Å². The zero-order chi connectivity index (χ0) is 9.90. The summed E-state index contributed by atoms with van der Waals surface area (Å²) in [4.78, 5) is 3.11. The minimum absolute atomic E-state index is 0.00727. The third kappa shape index (κ3) is 3.24. The highest BCUT2D eigenvalue weighted by atomic mass is 32.1. The molecule has 0 unspecified atom stereocenters. The van der Waals surface area contributed by atoms with Crippen LogP contribution in [0.5, 0.6) is 0 Å². The quantitative estimate of drug-likeness (QED) is 0.704. The summed E-state index contributed by atoms with van der Waals surface area (Å²) in [5, 5.41) is 0. The Morgan fingerprint density at radius 2 is 1.85 bits per heavy atom. The van der Waals surface area contributed by atoms with Crippen molar-refractivity contribution >= 4 is 17.2 Å². The van der Waals surface area contributed by atoms with Crippen LogP contribution in [-0.2, 0) is 0 Å². The molecule has 1 aliphatic rings. The molecule has 0 aromatic rings. The molecule has 0 bridgehead atoms. The van der Waals surface area contributed by atoms with Gasteiger partial charge in [-0.1, -0.05) is 32.5 Å². The van der Waals surface area contributed by atoms with Gasteiger partial charge in [-0.25, -0.2) is 0 Å². The Labute approximate surface area is 86.5 Å². The molecule has 2 N–H and O–H groups in total. The molecule has 1 fully saturated rings. The number of rotatable bonds is 3. The van der Waals surface area contributed by atoms with Gasteiger partial charge >= 0.3 is 0 Å². The Bertz CT molecular complexity index is 183. The predicted molar refractivity (Wildman–Crippen MR) is 60.9 cm³/mol. The first kappa shape index (κ1) is 10.9. The van der Waals surface area contributed by atoms with Crippen LogP contribution < -0.4 is 5.73 Å². The van der Waals surface area contributed by atoms with Gasteiger partial charge in [0.25, 0.3) is 0 Å². The maximum atomic E-state index is 5.69. The summed E-state index contributed by atoms with van der Waals surface area (Å²) in [5.41, 5.74) is 5.68. The van der Waals surface area contributed by atoms with Gasteiger partial charge in [0, 0.05) is 12.0 Å². The molecule has 0 aliphatic carbocycles. The van der Waals surface area contributed by atoms with Crippen LogP contribution in [0.1, 0.15) is 33.1 Å². The van der Waals surface area contributed by atoms with E-state index in [1.165, 1.54) is 32.4 Å². The summed E-state index contributed by atoms with van der Waals surface area (Å²) in [7, 11) is 0. The van der Waals surface area contributed by atoms with Gasteiger partial charge in [-0.3, -0.25) is 0 Å². The van der Waals surface area contributed by atoms with Crippen LogP contribution in [0.2, 0.25) is 0 Å².